The van der Waals surface area contributed by atoms with E-state index in [9.17, 15) is 68.4 Å². The number of carbonyl (C=O) groups excluding carboxylic acids is 7. The van der Waals surface area contributed by atoms with E-state index in [2.05, 4.69) is 51.1 Å². The molecule has 21 nitrogen and oxygen atoms in total. The van der Waals surface area contributed by atoms with Crippen LogP contribution in [0.4, 0.5) is 0 Å². The number of aliphatic carboxylic acids is 3. The van der Waals surface area contributed by atoms with Gasteiger partial charge < -0.3 is 57.6 Å². The fourth-order valence-corrected chi connectivity index (χ4v) is 8.33. The molecule has 11 N–H and O–H groups in total. The molecule has 0 rings (SSSR count). The van der Waals surface area contributed by atoms with Crippen molar-refractivity contribution in [2.45, 2.75) is 241 Å². The molecule has 0 bridgehead atoms. The molecule has 7 amide bonds. The molecule has 9 unspecified atom stereocenters. The molecule has 21 heteroatoms. The molecular formula is C53H95N7O14. The van der Waals surface area contributed by atoms with Crippen molar-refractivity contribution in [2.24, 2.45) is 35.5 Å². The number of unbranched alkanes of at least 4 members (excludes halogenated alkanes) is 4. The number of amides is 7. The summed E-state index contributed by atoms with van der Waals surface area (Å²) in [6.07, 6.45) is 4.99. The highest BCUT2D eigenvalue weighted by atomic mass is 16.4. The second kappa shape index (κ2) is 36.6. The van der Waals surface area contributed by atoms with Crippen LogP contribution < -0.4 is 37.2 Å². The summed E-state index contributed by atoms with van der Waals surface area (Å²) in [6.45, 7) is 22.0. The van der Waals surface area contributed by atoms with Gasteiger partial charge in [0.05, 0.1) is 18.9 Å². The summed E-state index contributed by atoms with van der Waals surface area (Å²) >= 11 is 0. The number of rotatable bonds is 40. The van der Waals surface area contributed by atoms with Gasteiger partial charge in [-0.15, -0.1) is 0 Å². The normalized spacial score (nSPS) is 15.2. The molecular weight excluding hydrogens is 959 g/mol. The van der Waals surface area contributed by atoms with Crippen LogP contribution in [0.2, 0.25) is 0 Å². The first kappa shape index (κ1) is 68.7. The van der Waals surface area contributed by atoms with Crippen LogP contribution in [-0.2, 0) is 47.9 Å². The van der Waals surface area contributed by atoms with Crippen LogP contribution >= 0.6 is 0 Å². The Balaban J connectivity index is 6.15. The van der Waals surface area contributed by atoms with Crippen LogP contribution in [0, 0.1) is 35.5 Å². The minimum absolute atomic E-state index is 0.0496. The lowest BCUT2D eigenvalue weighted by Crippen LogP contribution is -2.60. The first-order valence-electron chi connectivity index (χ1n) is 26.9. The van der Waals surface area contributed by atoms with Crippen LogP contribution in [0.5, 0.6) is 0 Å². The van der Waals surface area contributed by atoms with E-state index < -0.39 is 126 Å². The monoisotopic (exact) mass is 1050 g/mol. The van der Waals surface area contributed by atoms with Crippen molar-refractivity contribution in [2.75, 3.05) is 0 Å². The Morgan fingerprint density at radius 3 is 1.34 bits per heavy atom. The van der Waals surface area contributed by atoms with E-state index in [0.29, 0.717) is 12.3 Å². The van der Waals surface area contributed by atoms with Crippen LogP contribution in [0.1, 0.15) is 192 Å². The molecule has 0 saturated heterocycles. The molecule has 0 aliphatic rings. The molecule has 74 heavy (non-hydrogen) atoms. The maximum Gasteiger partial charge on any atom is 0.326 e. The molecule has 0 heterocycles. The molecule has 0 aromatic heterocycles. The van der Waals surface area contributed by atoms with Crippen LogP contribution in [-0.4, -0.2) is 128 Å². The molecule has 0 fully saturated rings. The number of aliphatic hydroxyl groups is 1. The van der Waals surface area contributed by atoms with Gasteiger partial charge in [0, 0.05) is 18.9 Å². The van der Waals surface area contributed by atoms with Crippen molar-refractivity contribution < 1.29 is 68.4 Å². The molecule has 0 aromatic rings. The van der Waals surface area contributed by atoms with E-state index in [1.165, 1.54) is 6.42 Å². The summed E-state index contributed by atoms with van der Waals surface area (Å²) < 4.78 is 0. The van der Waals surface area contributed by atoms with E-state index in [1.54, 1.807) is 55.4 Å². The first-order chi connectivity index (χ1) is 34.4. The number of carboxylic acids is 3. The van der Waals surface area contributed by atoms with Crippen molar-refractivity contribution in [1.29, 1.82) is 0 Å². The Morgan fingerprint density at radius 1 is 0.405 bits per heavy atom. The average molecular weight is 1050 g/mol. The van der Waals surface area contributed by atoms with Gasteiger partial charge in [-0.2, -0.15) is 0 Å². The molecule has 0 aliphatic heterocycles. The summed E-state index contributed by atoms with van der Waals surface area (Å²) in [5, 5.41) is 57.4. The van der Waals surface area contributed by atoms with Gasteiger partial charge in [0.15, 0.2) is 0 Å². The topological polar surface area (TPSA) is 336 Å². The van der Waals surface area contributed by atoms with Gasteiger partial charge in [-0.3, -0.25) is 43.2 Å². The zero-order valence-electron chi connectivity index (χ0n) is 46.5. The highest BCUT2D eigenvalue weighted by molar-refractivity contribution is 5.97. The molecule has 9 atom stereocenters. The minimum atomic E-state index is -1.73. The van der Waals surface area contributed by atoms with Crippen molar-refractivity contribution in [3.63, 3.8) is 0 Å². The summed E-state index contributed by atoms with van der Waals surface area (Å²) in [5.74, 6) is -9.94. The average Bonchev–Trinajstić information content (AvgIpc) is 3.26. The van der Waals surface area contributed by atoms with E-state index >= 15 is 0 Å². The van der Waals surface area contributed by atoms with Crippen molar-refractivity contribution in [3.8, 4) is 0 Å². The van der Waals surface area contributed by atoms with Crippen molar-refractivity contribution in [3.05, 3.63) is 0 Å². The summed E-state index contributed by atoms with van der Waals surface area (Å²) in [7, 11) is 0. The summed E-state index contributed by atoms with van der Waals surface area (Å²) in [5.41, 5.74) is 0. The molecule has 0 saturated carbocycles. The third-order valence-corrected chi connectivity index (χ3v) is 12.5. The van der Waals surface area contributed by atoms with Crippen molar-refractivity contribution in [1.82, 2.24) is 37.2 Å². The largest absolute Gasteiger partial charge is 0.481 e. The van der Waals surface area contributed by atoms with Gasteiger partial charge >= 0.3 is 17.9 Å². The third kappa shape index (κ3) is 31.4. The van der Waals surface area contributed by atoms with E-state index in [0.717, 1.165) is 38.5 Å². The lowest BCUT2D eigenvalue weighted by molar-refractivity contribution is -0.143. The number of hydrogen-bond donors (Lipinski definition) is 11. The Morgan fingerprint density at radius 2 is 0.838 bits per heavy atom. The Kier molecular flexibility index (Phi) is 33.9. The Labute approximate surface area is 439 Å². The highest BCUT2D eigenvalue weighted by Crippen LogP contribution is 2.17. The fraction of sp³-hybridized carbons (Fsp3) is 0.811. The van der Waals surface area contributed by atoms with Crippen molar-refractivity contribution >= 4 is 59.3 Å². The maximum absolute atomic E-state index is 14.0. The van der Waals surface area contributed by atoms with Gasteiger partial charge in [0.25, 0.3) is 0 Å². The lowest BCUT2D eigenvalue weighted by atomic mass is 9.97. The van der Waals surface area contributed by atoms with Gasteiger partial charge in [-0.25, -0.2) is 4.79 Å². The SMILES string of the molecule is CCC(C)CCCCCCCC(O)CC(=O)NC(CCC(=O)O)C(=O)NC(CC(=O)NC(CC(C)C)C(=O)NC(C(=O)NC(CC(=O)O)C(=O)NC(CC(C)C)C(=O)NC(CC(C)C)C(=O)O)C(C)C)CC(C)C. The predicted molar refractivity (Wildman–Crippen MR) is 280 cm³/mol. The standard InChI is InChI=1S/C53H95N7O14/c1-13-35(12)19-17-15-14-16-18-20-37(61)28-44(63)55-38(21-22-45(64)65)48(68)54-36(23-30(2)3)27-43(62)56-39(24-31(4)5)51(71)60-47(34(10)11)52(72)58-41(29-46(66)67)50(70)57-40(25-32(6)7)49(69)59-42(53(73)74)26-33(8)9/h30-42,47,61H,13-29H2,1-12H3,(H,54,68)(H,55,63)(H,56,62)(H,57,70)(H,58,72)(H,59,69)(H,60,71)(H,64,65)(H,66,67)(H,73,74). The summed E-state index contributed by atoms with van der Waals surface area (Å²) in [6, 6.07) is -8.98. The molecule has 426 valence electrons. The van der Waals surface area contributed by atoms with E-state index in [-0.39, 0.29) is 68.6 Å². The molecule has 0 aromatic carbocycles. The van der Waals surface area contributed by atoms with Gasteiger partial charge in [0.2, 0.25) is 41.4 Å². The van der Waals surface area contributed by atoms with Crippen LogP contribution in [0.15, 0.2) is 0 Å². The number of nitrogens with one attached hydrogen (secondary N) is 7. The fourth-order valence-electron chi connectivity index (χ4n) is 8.33. The Bertz CT molecular complexity index is 1790. The number of aliphatic hydroxyl groups excluding tert-OH is 1. The van der Waals surface area contributed by atoms with E-state index in [1.807, 2.05) is 13.8 Å². The van der Waals surface area contributed by atoms with Crippen LogP contribution in [0.25, 0.3) is 0 Å². The maximum atomic E-state index is 14.0. The highest BCUT2D eigenvalue weighted by Gasteiger charge is 2.36. The zero-order chi connectivity index (χ0) is 56.8. The Hall–Kier alpha value is -5.34. The number of carboxylic acid groups (broad SMARTS) is 3. The van der Waals surface area contributed by atoms with Gasteiger partial charge in [-0.1, -0.05) is 128 Å². The number of hydrogen-bond acceptors (Lipinski definition) is 11. The molecule has 0 spiro atoms. The zero-order valence-corrected chi connectivity index (χ0v) is 46.5. The quantitative estimate of drug-likeness (QED) is 0.0375. The smallest absolute Gasteiger partial charge is 0.326 e. The molecule has 0 radical (unpaired) electrons. The predicted octanol–water partition coefficient (Wildman–Crippen LogP) is 4.56. The summed E-state index contributed by atoms with van der Waals surface area (Å²) in [4.78, 5) is 131. The second-order valence-corrected chi connectivity index (χ2v) is 22.2. The number of carbonyl (C=O) groups is 10. The second-order valence-electron chi connectivity index (χ2n) is 22.2. The third-order valence-electron chi connectivity index (χ3n) is 12.5. The lowest BCUT2D eigenvalue weighted by Gasteiger charge is -2.29. The molecule has 0 aliphatic carbocycles. The van der Waals surface area contributed by atoms with Crippen LogP contribution in [0.3, 0.4) is 0 Å². The van der Waals surface area contributed by atoms with E-state index in [4.69, 9.17) is 0 Å². The van der Waals surface area contributed by atoms with Gasteiger partial charge in [0.1, 0.15) is 36.3 Å². The first-order valence-corrected chi connectivity index (χ1v) is 26.9. The van der Waals surface area contributed by atoms with Gasteiger partial charge in [-0.05, 0) is 74.0 Å². The minimum Gasteiger partial charge on any atom is -0.481 e.